The lowest BCUT2D eigenvalue weighted by Gasteiger charge is -2.30. The average Bonchev–Trinajstić information content (AvgIpc) is 2.81. The van der Waals surface area contributed by atoms with E-state index in [9.17, 15) is 4.39 Å². The molecule has 0 saturated carbocycles. The summed E-state index contributed by atoms with van der Waals surface area (Å²) in [5.41, 5.74) is 2.35. The van der Waals surface area contributed by atoms with Gasteiger partial charge in [0.1, 0.15) is 5.82 Å². The lowest BCUT2D eigenvalue weighted by Crippen LogP contribution is -2.22. The van der Waals surface area contributed by atoms with Crippen molar-refractivity contribution in [1.29, 1.82) is 0 Å². The SMILES string of the molecule is Fc1ccc2c(c1)NCCC2C1CCSC1. The van der Waals surface area contributed by atoms with E-state index in [4.69, 9.17) is 0 Å². The highest BCUT2D eigenvalue weighted by Gasteiger charge is 2.30. The van der Waals surface area contributed by atoms with Gasteiger partial charge in [-0.2, -0.15) is 11.8 Å². The first-order valence-corrected chi connectivity index (χ1v) is 7.11. The van der Waals surface area contributed by atoms with Crippen LogP contribution in [0.25, 0.3) is 0 Å². The quantitative estimate of drug-likeness (QED) is 0.802. The Morgan fingerprint density at radius 2 is 2.25 bits per heavy atom. The molecule has 0 aliphatic carbocycles. The van der Waals surface area contributed by atoms with Gasteiger partial charge in [0.2, 0.25) is 0 Å². The summed E-state index contributed by atoms with van der Waals surface area (Å²) >= 11 is 2.06. The molecule has 1 fully saturated rings. The predicted molar refractivity (Wildman–Crippen MR) is 67.7 cm³/mol. The molecule has 0 spiro atoms. The van der Waals surface area contributed by atoms with E-state index in [1.165, 1.54) is 29.9 Å². The number of thioether (sulfide) groups is 1. The zero-order valence-electron chi connectivity index (χ0n) is 9.21. The molecule has 0 bridgehead atoms. The Labute approximate surface area is 99.8 Å². The second-order valence-corrected chi connectivity index (χ2v) is 5.83. The smallest absolute Gasteiger partial charge is 0.125 e. The monoisotopic (exact) mass is 237 g/mol. The largest absolute Gasteiger partial charge is 0.385 e. The molecule has 1 nitrogen and oxygen atoms in total. The van der Waals surface area contributed by atoms with Crippen molar-refractivity contribution in [2.45, 2.75) is 18.8 Å². The molecule has 0 radical (unpaired) electrons. The lowest BCUT2D eigenvalue weighted by atomic mass is 9.80. The topological polar surface area (TPSA) is 12.0 Å². The van der Waals surface area contributed by atoms with Crippen molar-refractivity contribution >= 4 is 17.4 Å². The average molecular weight is 237 g/mol. The second kappa shape index (κ2) is 4.28. The molecular formula is C13H16FNS. The van der Waals surface area contributed by atoms with Gasteiger partial charge in [-0.1, -0.05) is 6.07 Å². The van der Waals surface area contributed by atoms with Gasteiger partial charge in [-0.05, 0) is 53.9 Å². The first-order valence-electron chi connectivity index (χ1n) is 5.95. The Kier molecular flexibility index (Phi) is 2.80. The van der Waals surface area contributed by atoms with E-state index in [0.29, 0.717) is 5.92 Å². The van der Waals surface area contributed by atoms with Gasteiger partial charge >= 0.3 is 0 Å². The zero-order valence-corrected chi connectivity index (χ0v) is 10.0. The van der Waals surface area contributed by atoms with Crippen LogP contribution in [0.1, 0.15) is 24.3 Å². The minimum absolute atomic E-state index is 0.132. The van der Waals surface area contributed by atoms with Crippen molar-refractivity contribution in [3.63, 3.8) is 0 Å². The predicted octanol–water partition coefficient (Wildman–Crippen LogP) is 3.48. The van der Waals surface area contributed by atoms with Crippen molar-refractivity contribution in [3.8, 4) is 0 Å². The van der Waals surface area contributed by atoms with Crippen LogP contribution in [0.4, 0.5) is 10.1 Å². The molecule has 2 atom stereocenters. The van der Waals surface area contributed by atoms with E-state index in [-0.39, 0.29) is 5.82 Å². The maximum atomic E-state index is 13.2. The van der Waals surface area contributed by atoms with Crippen LogP contribution in [-0.4, -0.2) is 18.1 Å². The fourth-order valence-electron chi connectivity index (χ4n) is 2.88. The summed E-state index contributed by atoms with van der Waals surface area (Å²) < 4.78 is 13.2. The molecule has 2 aliphatic heterocycles. The van der Waals surface area contributed by atoms with Crippen LogP contribution in [-0.2, 0) is 0 Å². The zero-order chi connectivity index (χ0) is 11.0. The summed E-state index contributed by atoms with van der Waals surface area (Å²) in [5, 5.41) is 3.31. The summed E-state index contributed by atoms with van der Waals surface area (Å²) in [6.45, 7) is 0.988. The van der Waals surface area contributed by atoms with Gasteiger partial charge in [-0.25, -0.2) is 4.39 Å². The third-order valence-electron chi connectivity index (χ3n) is 3.72. The molecule has 1 aromatic carbocycles. The molecule has 1 aromatic rings. The molecule has 86 valence electrons. The van der Waals surface area contributed by atoms with Crippen LogP contribution in [0.15, 0.2) is 18.2 Å². The Balaban J connectivity index is 1.93. The summed E-state index contributed by atoms with van der Waals surface area (Å²) in [7, 11) is 0. The standard InChI is InChI=1S/C13H16FNS/c14-10-1-2-12-11(9-4-6-16-8-9)3-5-15-13(12)7-10/h1-2,7,9,11,15H,3-6,8H2. The van der Waals surface area contributed by atoms with E-state index >= 15 is 0 Å². The molecule has 3 rings (SSSR count). The highest BCUT2D eigenvalue weighted by molar-refractivity contribution is 7.99. The van der Waals surface area contributed by atoms with E-state index in [1.807, 2.05) is 6.07 Å². The fraction of sp³-hybridized carbons (Fsp3) is 0.538. The summed E-state index contributed by atoms with van der Waals surface area (Å²) in [6, 6.07) is 5.22. The number of hydrogen-bond donors (Lipinski definition) is 1. The van der Waals surface area contributed by atoms with Gasteiger partial charge in [0, 0.05) is 12.2 Å². The van der Waals surface area contributed by atoms with Crippen LogP contribution in [0, 0.1) is 11.7 Å². The number of rotatable bonds is 1. The molecule has 1 saturated heterocycles. The first kappa shape index (κ1) is 10.5. The molecule has 1 N–H and O–H groups in total. The van der Waals surface area contributed by atoms with E-state index < -0.39 is 0 Å². The molecular weight excluding hydrogens is 221 g/mol. The third-order valence-corrected chi connectivity index (χ3v) is 4.91. The van der Waals surface area contributed by atoms with Crippen LogP contribution in [0.2, 0.25) is 0 Å². The van der Waals surface area contributed by atoms with Crippen LogP contribution >= 0.6 is 11.8 Å². The van der Waals surface area contributed by atoms with Crippen molar-refractivity contribution in [1.82, 2.24) is 0 Å². The normalized spacial score (nSPS) is 28.6. The van der Waals surface area contributed by atoms with Crippen molar-refractivity contribution in [2.75, 3.05) is 23.4 Å². The minimum atomic E-state index is -0.132. The Hall–Kier alpha value is -0.700. The molecule has 2 aliphatic rings. The first-order chi connectivity index (χ1) is 7.84. The van der Waals surface area contributed by atoms with Gasteiger partial charge in [-0.15, -0.1) is 0 Å². The molecule has 0 aromatic heterocycles. The number of fused-ring (bicyclic) bond motifs is 1. The van der Waals surface area contributed by atoms with E-state index in [1.54, 1.807) is 12.1 Å². The maximum absolute atomic E-state index is 13.2. The van der Waals surface area contributed by atoms with Crippen LogP contribution in [0.3, 0.4) is 0 Å². The number of halogens is 1. The van der Waals surface area contributed by atoms with Gasteiger partial charge in [-0.3, -0.25) is 0 Å². The van der Waals surface area contributed by atoms with Gasteiger partial charge in [0.25, 0.3) is 0 Å². The van der Waals surface area contributed by atoms with Crippen molar-refractivity contribution in [2.24, 2.45) is 5.92 Å². The Bertz CT molecular complexity index is 388. The number of nitrogens with one attached hydrogen (secondary N) is 1. The highest BCUT2D eigenvalue weighted by atomic mass is 32.2. The molecule has 0 amide bonds. The fourth-order valence-corrected chi connectivity index (χ4v) is 4.22. The lowest BCUT2D eigenvalue weighted by molar-refractivity contribution is 0.443. The van der Waals surface area contributed by atoms with E-state index in [2.05, 4.69) is 17.1 Å². The third kappa shape index (κ3) is 1.81. The summed E-state index contributed by atoms with van der Waals surface area (Å²) in [5.74, 6) is 3.89. The van der Waals surface area contributed by atoms with Gasteiger partial charge < -0.3 is 5.32 Å². The number of hydrogen-bond acceptors (Lipinski definition) is 2. The number of benzene rings is 1. The second-order valence-electron chi connectivity index (χ2n) is 4.68. The number of anilines is 1. The minimum Gasteiger partial charge on any atom is -0.385 e. The highest BCUT2D eigenvalue weighted by Crippen LogP contribution is 2.42. The van der Waals surface area contributed by atoms with Gasteiger partial charge in [0.15, 0.2) is 0 Å². The van der Waals surface area contributed by atoms with Gasteiger partial charge in [0.05, 0.1) is 0 Å². The maximum Gasteiger partial charge on any atom is 0.125 e. The summed E-state index contributed by atoms with van der Waals surface area (Å²) in [6.07, 6.45) is 2.52. The van der Waals surface area contributed by atoms with Crippen molar-refractivity contribution in [3.05, 3.63) is 29.6 Å². The molecule has 3 heteroatoms. The Morgan fingerprint density at radius 3 is 3.06 bits per heavy atom. The molecule has 2 unspecified atom stereocenters. The van der Waals surface area contributed by atoms with E-state index in [0.717, 1.165) is 18.2 Å². The molecule has 16 heavy (non-hydrogen) atoms. The van der Waals surface area contributed by atoms with Crippen LogP contribution < -0.4 is 5.32 Å². The summed E-state index contributed by atoms with van der Waals surface area (Å²) in [4.78, 5) is 0. The van der Waals surface area contributed by atoms with Crippen molar-refractivity contribution < 1.29 is 4.39 Å². The molecule has 2 heterocycles. The van der Waals surface area contributed by atoms with Crippen LogP contribution in [0.5, 0.6) is 0 Å². The Morgan fingerprint density at radius 1 is 1.31 bits per heavy atom.